The molecule has 0 aliphatic carbocycles. The van der Waals surface area contributed by atoms with Crippen LogP contribution in [0.2, 0.25) is 0 Å². The topological polar surface area (TPSA) is 86.6 Å². The van der Waals surface area contributed by atoms with Gasteiger partial charge in [0, 0.05) is 12.3 Å². The van der Waals surface area contributed by atoms with Crippen LogP contribution in [0.4, 0.5) is 0 Å². The third-order valence-corrected chi connectivity index (χ3v) is 9.37. The number of hydrogen-bond acceptors (Lipinski definition) is 7. The molecule has 2 aliphatic heterocycles. The predicted molar refractivity (Wildman–Crippen MR) is 178 cm³/mol. The van der Waals surface area contributed by atoms with Crippen LogP contribution in [0.15, 0.2) is 77.9 Å². The van der Waals surface area contributed by atoms with Crippen LogP contribution in [0.25, 0.3) is 0 Å². The third kappa shape index (κ3) is 6.60. The molecule has 0 saturated heterocycles. The number of aromatic hydroxyl groups is 2. The monoisotopic (exact) mass is 624 g/mol. The lowest BCUT2D eigenvalue weighted by molar-refractivity contribution is -0.0499. The van der Waals surface area contributed by atoms with Crippen molar-refractivity contribution in [3.8, 4) is 41.1 Å². The van der Waals surface area contributed by atoms with E-state index in [1.165, 1.54) is 14.2 Å². The zero-order valence-electron chi connectivity index (χ0n) is 27.4. The highest BCUT2D eigenvalue weighted by Gasteiger charge is 2.38. The van der Waals surface area contributed by atoms with Gasteiger partial charge in [0.25, 0.3) is 0 Å². The first-order valence-corrected chi connectivity index (χ1v) is 15.8. The number of aryl methyl sites for hydroxylation is 1. The number of benzene rings is 3. The molecule has 0 radical (unpaired) electrons. The van der Waals surface area contributed by atoms with E-state index in [-0.39, 0.29) is 23.3 Å². The maximum absolute atomic E-state index is 10.9. The van der Waals surface area contributed by atoms with Gasteiger partial charge in [-0.05, 0) is 83.0 Å². The summed E-state index contributed by atoms with van der Waals surface area (Å²) in [6.07, 6.45) is 10.7. The maximum atomic E-state index is 10.9. The molecule has 2 heterocycles. The van der Waals surface area contributed by atoms with Gasteiger partial charge in [0.05, 0.1) is 33.5 Å². The number of ether oxygens (including phenoxy) is 5. The molecule has 3 aromatic rings. The van der Waals surface area contributed by atoms with Gasteiger partial charge in [0.15, 0.2) is 23.0 Å². The van der Waals surface area contributed by atoms with Crippen LogP contribution in [0, 0.1) is 31.1 Å². The summed E-state index contributed by atoms with van der Waals surface area (Å²) >= 11 is 0. The lowest BCUT2D eigenvalue weighted by Gasteiger charge is -2.35. The summed E-state index contributed by atoms with van der Waals surface area (Å²) in [4.78, 5) is 0. The molecule has 7 heteroatoms. The molecule has 5 rings (SSSR count). The van der Waals surface area contributed by atoms with Crippen molar-refractivity contribution in [2.45, 2.75) is 64.4 Å². The van der Waals surface area contributed by atoms with Crippen molar-refractivity contribution in [2.24, 2.45) is 11.8 Å². The Morgan fingerprint density at radius 2 is 1.54 bits per heavy atom. The van der Waals surface area contributed by atoms with Crippen LogP contribution in [0.3, 0.4) is 0 Å². The van der Waals surface area contributed by atoms with Crippen molar-refractivity contribution in [2.75, 3.05) is 21.3 Å². The number of rotatable bonds is 8. The highest BCUT2D eigenvalue weighted by atomic mass is 16.5. The van der Waals surface area contributed by atoms with Gasteiger partial charge in [0.1, 0.15) is 18.0 Å². The van der Waals surface area contributed by atoms with Crippen molar-refractivity contribution in [1.82, 2.24) is 0 Å². The van der Waals surface area contributed by atoms with Crippen LogP contribution in [0.5, 0.6) is 28.7 Å². The van der Waals surface area contributed by atoms with Gasteiger partial charge in [0.2, 0.25) is 0 Å². The highest BCUT2D eigenvalue weighted by molar-refractivity contribution is 5.47. The zero-order chi connectivity index (χ0) is 33.0. The Labute approximate surface area is 272 Å². The summed E-state index contributed by atoms with van der Waals surface area (Å²) < 4.78 is 30.3. The van der Waals surface area contributed by atoms with Crippen LogP contribution in [0.1, 0.15) is 73.7 Å². The first kappa shape index (κ1) is 33.0. The Balaban J connectivity index is 1.69. The standard InChI is InChI=1S/C39H44O7/c1-8-23(3)28-11-10-12-29-30(39(45-33(29)9-2)26-14-13-24(4)35(20-26)43-6)22-36(25-16-18-34(42-5)32(41)19-25)46-38(28)27-15-17-31(40)37(21-27)44-7/h2,10-11,13-21,23,28,33,36,38-41H,8,12,22H2,1,3-7H3. The largest absolute Gasteiger partial charge is 0.504 e. The predicted octanol–water partition coefficient (Wildman–Crippen LogP) is 8.31. The van der Waals surface area contributed by atoms with Crippen molar-refractivity contribution < 1.29 is 33.9 Å². The number of hydrogen-bond donors (Lipinski definition) is 2. The van der Waals surface area contributed by atoms with E-state index >= 15 is 0 Å². The second-order valence-electron chi connectivity index (χ2n) is 12.0. The fraction of sp³-hybridized carbons (Fsp3) is 0.385. The summed E-state index contributed by atoms with van der Waals surface area (Å²) in [6.45, 7) is 6.40. The lowest BCUT2D eigenvalue weighted by Crippen LogP contribution is -2.24. The number of phenolic OH excluding ortho intramolecular Hbond substituents is 2. The molecular formula is C39H44O7. The van der Waals surface area contributed by atoms with Gasteiger partial charge in [-0.2, -0.15) is 0 Å². The molecule has 0 saturated carbocycles. The minimum atomic E-state index is -0.500. The van der Waals surface area contributed by atoms with Crippen LogP contribution in [-0.4, -0.2) is 37.6 Å². The molecule has 6 unspecified atom stereocenters. The Hall–Kier alpha value is -4.38. The Morgan fingerprint density at radius 1 is 0.848 bits per heavy atom. The fourth-order valence-electron chi connectivity index (χ4n) is 6.54. The van der Waals surface area contributed by atoms with E-state index < -0.39 is 24.4 Å². The van der Waals surface area contributed by atoms with Crippen molar-refractivity contribution in [3.05, 3.63) is 100 Å². The first-order valence-electron chi connectivity index (χ1n) is 15.8. The first-order chi connectivity index (χ1) is 22.2. The molecular weight excluding hydrogens is 580 g/mol. The second kappa shape index (κ2) is 14.4. The summed E-state index contributed by atoms with van der Waals surface area (Å²) in [5, 5.41) is 21.3. The third-order valence-electron chi connectivity index (χ3n) is 9.37. The molecule has 242 valence electrons. The Morgan fingerprint density at radius 3 is 2.22 bits per heavy atom. The minimum Gasteiger partial charge on any atom is -0.504 e. The van der Waals surface area contributed by atoms with Gasteiger partial charge in [-0.25, -0.2) is 0 Å². The zero-order valence-corrected chi connectivity index (χ0v) is 27.4. The smallest absolute Gasteiger partial charge is 0.160 e. The van der Waals surface area contributed by atoms with E-state index in [1.54, 1.807) is 25.3 Å². The van der Waals surface area contributed by atoms with E-state index in [0.29, 0.717) is 24.3 Å². The molecule has 3 aromatic carbocycles. The highest BCUT2D eigenvalue weighted by Crippen LogP contribution is 2.49. The van der Waals surface area contributed by atoms with Gasteiger partial charge in [-0.15, -0.1) is 6.42 Å². The van der Waals surface area contributed by atoms with Crippen LogP contribution >= 0.6 is 0 Å². The van der Waals surface area contributed by atoms with E-state index in [9.17, 15) is 10.2 Å². The maximum Gasteiger partial charge on any atom is 0.160 e. The Bertz CT molecular complexity index is 1650. The second-order valence-corrected chi connectivity index (χ2v) is 12.0. The van der Waals surface area contributed by atoms with Crippen molar-refractivity contribution in [1.29, 1.82) is 0 Å². The molecule has 2 aliphatic rings. The molecule has 0 aromatic heterocycles. The fourth-order valence-corrected chi connectivity index (χ4v) is 6.54. The molecule has 0 fully saturated rings. The normalized spacial score (nSPS) is 23.7. The van der Waals surface area contributed by atoms with Crippen molar-refractivity contribution >= 4 is 0 Å². The SMILES string of the molecule is C#CC1OC(c2ccc(C)c(OC)c2)C2=C1CC=CC(C(C)CC)C(c1ccc(O)c(OC)c1)OC(c1ccc(OC)c(O)c1)C2. The summed E-state index contributed by atoms with van der Waals surface area (Å²) in [6, 6.07) is 16.9. The molecule has 46 heavy (non-hydrogen) atoms. The van der Waals surface area contributed by atoms with E-state index in [1.807, 2.05) is 37.3 Å². The molecule has 0 spiro atoms. The molecule has 0 bridgehead atoms. The quantitative estimate of drug-likeness (QED) is 0.193. The summed E-state index contributed by atoms with van der Waals surface area (Å²) in [5.41, 5.74) is 5.73. The molecule has 6 atom stereocenters. The minimum absolute atomic E-state index is 0.0143. The van der Waals surface area contributed by atoms with E-state index in [4.69, 9.17) is 30.1 Å². The van der Waals surface area contributed by atoms with Gasteiger partial charge >= 0.3 is 0 Å². The number of allylic oxidation sites excluding steroid dienone is 1. The van der Waals surface area contributed by atoms with Crippen LogP contribution in [-0.2, 0) is 9.47 Å². The number of phenols is 2. The molecule has 0 amide bonds. The average Bonchev–Trinajstić information content (AvgIpc) is 3.42. The van der Waals surface area contributed by atoms with Crippen molar-refractivity contribution in [3.63, 3.8) is 0 Å². The molecule has 2 N–H and O–H groups in total. The molecule has 7 nitrogen and oxygen atoms in total. The van der Waals surface area contributed by atoms with Crippen LogP contribution < -0.4 is 14.2 Å². The van der Waals surface area contributed by atoms with Gasteiger partial charge < -0.3 is 33.9 Å². The van der Waals surface area contributed by atoms with Gasteiger partial charge in [-0.1, -0.05) is 62.6 Å². The Kier molecular flexibility index (Phi) is 10.3. The summed E-state index contributed by atoms with van der Waals surface area (Å²) in [5.74, 6) is 4.75. The lowest BCUT2D eigenvalue weighted by atomic mass is 9.81. The summed E-state index contributed by atoms with van der Waals surface area (Å²) in [7, 11) is 4.73. The van der Waals surface area contributed by atoms with Gasteiger partial charge in [-0.3, -0.25) is 0 Å². The van der Waals surface area contributed by atoms with E-state index in [2.05, 4.69) is 38.0 Å². The van der Waals surface area contributed by atoms with E-state index in [0.717, 1.165) is 45.6 Å². The number of terminal acetylenes is 1. The average molecular weight is 625 g/mol. The number of methoxy groups -OCH3 is 3.